The Bertz CT molecular complexity index is 850. The zero-order valence-corrected chi connectivity index (χ0v) is 17.9. The van der Waals surface area contributed by atoms with Crippen LogP contribution in [0.15, 0.2) is 42.5 Å². The van der Waals surface area contributed by atoms with Crippen LogP contribution >= 0.6 is 35.4 Å². The van der Waals surface area contributed by atoms with Crippen molar-refractivity contribution in [1.29, 1.82) is 0 Å². The van der Waals surface area contributed by atoms with Crippen LogP contribution in [0, 0.1) is 5.92 Å². The van der Waals surface area contributed by atoms with E-state index in [0.717, 1.165) is 29.6 Å². The van der Waals surface area contributed by atoms with Gasteiger partial charge in [-0.05, 0) is 61.2 Å². The number of hydrogen-bond acceptors (Lipinski definition) is 3. The van der Waals surface area contributed by atoms with Crippen LogP contribution in [0.3, 0.4) is 0 Å². The fraction of sp³-hybridized carbons (Fsp3) is 0.333. The minimum Gasteiger partial charge on any atom is -0.484 e. The Hall–Kier alpha value is -1.82. The summed E-state index contributed by atoms with van der Waals surface area (Å²) in [6, 6.07) is 12.4. The van der Waals surface area contributed by atoms with Crippen LogP contribution in [-0.4, -0.2) is 35.5 Å². The molecular formula is C21H22Cl2N2O2S. The number of thiocarbonyl (C=S) groups is 1. The molecule has 1 amide bonds. The Morgan fingerprint density at radius 1 is 1.18 bits per heavy atom. The minimum absolute atomic E-state index is 0.118. The molecule has 0 radical (unpaired) electrons. The number of amides is 1. The van der Waals surface area contributed by atoms with Gasteiger partial charge < -0.3 is 15.0 Å². The summed E-state index contributed by atoms with van der Waals surface area (Å²) in [6.07, 6.45) is 2.35. The van der Waals surface area contributed by atoms with Crippen molar-refractivity contribution < 1.29 is 9.53 Å². The normalized spacial score (nSPS) is 14.6. The second-order valence-corrected chi connectivity index (χ2v) is 8.19. The molecule has 1 N–H and O–H groups in total. The molecule has 1 saturated heterocycles. The van der Waals surface area contributed by atoms with Gasteiger partial charge in [0.2, 0.25) is 0 Å². The third-order valence-corrected chi connectivity index (χ3v) is 5.79. The molecule has 1 heterocycles. The zero-order valence-electron chi connectivity index (χ0n) is 15.6. The molecule has 0 aromatic heterocycles. The van der Waals surface area contributed by atoms with Gasteiger partial charge in [0, 0.05) is 23.7 Å². The number of anilines is 1. The second-order valence-electron chi connectivity index (χ2n) is 6.96. The van der Waals surface area contributed by atoms with E-state index in [4.69, 9.17) is 40.2 Å². The number of piperidine rings is 1. The second kappa shape index (κ2) is 9.59. The maximum Gasteiger partial charge on any atom is 0.262 e. The molecule has 0 spiro atoms. The van der Waals surface area contributed by atoms with Crippen LogP contribution in [-0.2, 0) is 4.79 Å². The number of hydrogen-bond donors (Lipinski definition) is 1. The van der Waals surface area contributed by atoms with Crippen LogP contribution < -0.4 is 10.1 Å². The van der Waals surface area contributed by atoms with E-state index in [0.29, 0.717) is 21.5 Å². The van der Waals surface area contributed by atoms with E-state index in [-0.39, 0.29) is 12.5 Å². The fourth-order valence-electron chi connectivity index (χ4n) is 3.01. The van der Waals surface area contributed by atoms with Gasteiger partial charge in [0.15, 0.2) is 6.61 Å². The maximum absolute atomic E-state index is 12.1. The lowest BCUT2D eigenvalue weighted by Crippen LogP contribution is -2.37. The number of halogens is 2. The summed E-state index contributed by atoms with van der Waals surface area (Å²) in [5.74, 6) is 1.08. The van der Waals surface area contributed by atoms with Gasteiger partial charge >= 0.3 is 0 Å². The molecule has 148 valence electrons. The van der Waals surface area contributed by atoms with E-state index in [9.17, 15) is 4.79 Å². The number of rotatable bonds is 5. The van der Waals surface area contributed by atoms with Crippen molar-refractivity contribution in [3.63, 3.8) is 0 Å². The number of nitrogens with zero attached hydrogens (tertiary/aromatic N) is 1. The first-order chi connectivity index (χ1) is 13.4. The van der Waals surface area contributed by atoms with E-state index in [2.05, 4.69) is 17.1 Å². The van der Waals surface area contributed by atoms with Crippen LogP contribution in [0.1, 0.15) is 25.3 Å². The molecular weight excluding hydrogens is 415 g/mol. The van der Waals surface area contributed by atoms with Crippen LogP contribution in [0.2, 0.25) is 10.0 Å². The number of nitrogens with one attached hydrogen (secondary N) is 1. The Labute approximate surface area is 180 Å². The van der Waals surface area contributed by atoms with Crippen LogP contribution in [0.5, 0.6) is 5.75 Å². The Balaban J connectivity index is 1.51. The molecule has 2 aromatic carbocycles. The zero-order chi connectivity index (χ0) is 20.1. The molecule has 0 saturated carbocycles. The number of carbonyl (C=O) groups excluding carboxylic acids is 1. The van der Waals surface area contributed by atoms with Crippen molar-refractivity contribution in [2.75, 3.05) is 25.0 Å². The van der Waals surface area contributed by atoms with Crippen LogP contribution in [0.4, 0.5) is 5.69 Å². The predicted molar refractivity (Wildman–Crippen MR) is 119 cm³/mol. The smallest absolute Gasteiger partial charge is 0.262 e. The number of benzene rings is 2. The lowest BCUT2D eigenvalue weighted by molar-refractivity contribution is -0.118. The highest BCUT2D eigenvalue weighted by Crippen LogP contribution is 2.25. The Morgan fingerprint density at radius 3 is 2.50 bits per heavy atom. The third kappa shape index (κ3) is 5.60. The SMILES string of the molecule is CC1CCN(C(=S)c2ccc(OCC(=O)Nc3ccc(Cl)cc3Cl)cc2)CC1. The van der Waals surface area contributed by atoms with Gasteiger partial charge in [-0.25, -0.2) is 0 Å². The van der Waals surface area contributed by atoms with E-state index in [1.165, 1.54) is 12.8 Å². The Morgan fingerprint density at radius 2 is 1.86 bits per heavy atom. The topological polar surface area (TPSA) is 41.6 Å². The van der Waals surface area contributed by atoms with Crippen molar-refractivity contribution in [2.24, 2.45) is 5.92 Å². The van der Waals surface area contributed by atoms with Gasteiger partial charge in [-0.15, -0.1) is 0 Å². The van der Waals surface area contributed by atoms with Crippen molar-refractivity contribution in [2.45, 2.75) is 19.8 Å². The molecule has 0 aliphatic carbocycles. The summed E-state index contributed by atoms with van der Waals surface area (Å²) in [5, 5.41) is 3.59. The number of ether oxygens (including phenoxy) is 1. The summed E-state index contributed by atoms with van der Waals surface area (Å²) in [4.78, 5) is 15.2. The van der Waals surface area contributed by atoms with E-state index >= 15 is 0 Å². The molecule has 1 aliphatic heterocycles. The first kappa shape index (κ1) is 20.9. The molecule has 2 aromatic rings. The first-order valence-electron chi connectivity index (χ1n) is 9.19. The van der Waals surface area contributed by atoms with Crippen molar-refractivity contribution in [3.05, 3.63) is 58.1 Å². The minimum atomic E-state index is -0.300. The van der Waals surface area contributed by atoms with E-state index < -0.39 is 0 Å². The van der Waals surface area contributed by atoms with Crippen molar-refractivity contribution in [3.8, 4) is 5.75 Å². The lowest BCUT2D eigenvalue weighted by Gasteiger charge is -2.32. The highest BCUT2D eigenvalue weighted by atomic mass is 35.5. The molecule has 1 aliphatic rings. The van der Waals surface area contributed by atoms with Gasteiger partial charge in [0.1, 0.15) is 10.7 Å². The summed E-state index contributed by atoms with van der Waals surface area (Å²) < 4.78 is 5.56. The standard InChI is InChI=1S/C21H22Cl2N2O2S/c1-14-8-10-25(11-9-14)21(28)15-2-5-17(6-3-15)27-13-20(26)24-19-7-4-16(22)12-18(19)23/h2-7,12,14H,8-11,13H2,1H3,(H,24,26). The summed E-state index contributed by atoms with van der Waals surface area (Å²) in [7, 11) is 0. The highest BCUT2D eigenvalue weighted by molar-refractivity contribution is 7.80. The van der Waals surface area contributed by atoms with Gasteiger partial charge in [-0.3, -0.25) is 4.79 Å². The van der Waals surface area contributed by atoms with Crippen molar-refractivity contribution in [1.82, 2.24) is 4.90 Å². The third-order valence-electron chi connectivity index (χ3n) is 4.75. The van der Waals surface area contributed by atoms with E-state index in [1.54, 1.807) is 18.2 Å². The van der Waals surface area contributed by atoms with Gasteiger partial charge in [0.05, 0.1) is 10.7 Å². The summed E-state index contributed by atoms with van der Waals surface area (Å²) >= 11 is 17.5. The summed E-state index contributed by atoms with van der Waals surface area (Å²) in [5.41, 5.74) is 1.49. The monoisotopic (exact) mass is 436 g/mol. The largest absolute Gasteiger partial charge is 0.484 e. The first-order valence-corrected chi connectivity index (χ1v) is 10.4. The quantitative estimate of drug-likeness (QED) is 0.635. The molecule has 3 rings (SSSR count). The fourth-order valence-corrected chi connectivity index (χ4v) is 3.79. The van der Waals surface area contributed by atoms with Gasteiger partial charge in [-0.1, -0.05) is 42.3 Å². The Kier molecular flexibility index (Phi) is 7.16. The van der Waals surface area contributed by atoms with Gasteiger partial charge in [-0.2, -0.15) is 0 Å². The maximum atomic E-state index is 12.1. The van der Waals surface area contributed by atoms with Crippen molar-refractivity contribution >= 4 is 52.0 Å². The highest BCUT2D eigenvalue weighted by Gasteiger charge is 2.18. The molecule has 1 fully saturated rings. The molecule has 7 heteroatoms. The molecule has 4 nitrogen and oxygen atoms in total. The summed E-state index contributed by atoms with van der Waals surface area (Å²) in [6.45, 7) is 4.17. The molecule has 0 atom stereocenters. The van der Waals surface area contributed by atoms with Crippen LogP contribution in [0.25, 0.3) is 0 Å². The number of likely N-dealkylation sites (tertiary alicyclic amines) is 1. The lowest BCUT2D eigenvalue weighted by atomic mass is 9.99. The molecule has 28 heavy (non-hydrogen) atoms. The average molecular weight is 437 g/mol. The molecule has 0 bridgehead atoms. The predicted octanol–water partition coefficient (Wildman–Crippen LogP) is 5.42. The average Bonchev–Trinajstić information content (AvgIpc) is 2.69. The number of carbonyl (C=O) groups is 1. The molecule has 0 unspecified atom stereocenters. The van der Waals surface area contributed by atoms with Gasteiger partial charge in [0.25, 0.3) is 5.91 Å². The van der Waals surface area contributed by atoms with E-state index in [1.807, 2.05) is 24.3 Å².